The molecule has 1 aromatic carbocycles. The molecule has 21 heavy (non-hydrogen) atoms. The van der Waals surface area contributed by atoms with E-state index in [0.717, 1.165) is 24.6 Å². The molecule has 3 N–H and O–H groups in total. The fraction of sp³-hybridized carbons (Fsp3) is 0.533. The Morgan fingerprint density at radius 1 is 1.33 bits per heavy atom. The number of amides is 2. The zero-order valence-electron chi connectivity index (χ0n) is 12.1. The van der Waals surface area contributed by atoms with Gasteiger partial charge < -0.3 is 20.7 Å². The van der Waals surface area contributed by atoms with Crippen molar-refractivity contribution in [3.8, 4) is 0 Å². The number of carbonyl (C=O) groups excluding carboxylic acids is 1. The molecule has 1 heterocycles. The van der Waals surface area contributed by atoms with Crippen molar-refractivity contribution in [3.05, 3.63) is 35.9 Å². The van der Waals surface area contributed by atoms with Crippen LogP contribution in [0.1, 0.15) is 5.56 Å². The van der Waals surface area contributed by atoms with Gasteiger partial charge in [-0.1, -0.05) is 30.3 Å². The Balaban J connectivity index is 1.47. The fourth-order valence-electron chi connectivity index (χ4n) is 2.02. The van der Waals surface area contributed by atoms with Crippen molar-refractivity contribution in [2.24, 2.45) is 0 Å². The summed E-state index contributed by atoms with van der Waals surface area (Å²) in [5, 5.41) is 8.93. The lowest BCUT2D eigenvalue weighted by atomic mass is 10.2. The maximum Gasteiger partial charge on any atom is 0.314 e. The molecule has 0 spiro atoms. The molecular weight excluding hydrogens is 286 g/mol. The summed E-state index contributed by atoms with van der Waals surface area (Å²) in [6, 6.07) is 10.2. The summed E-state index contributed by atoms with van der Waals surface area (Å²) < 4.78 is 5.51. The Bertz CT molecular complexity index is 411. The highest BCUT2D eigenvalue weighted by atomic mass is 32.2. The predicted molar refractivity (Wildman–Crippen MR) is 86.6 cm³/mol. The Morgan fingerprint density at radius 3 is 2.95 bits per heavy atom. The molecule has 0 aliphatic carbocycles. The van der Waals surface area contributed by atoms with Gasteiger partial charge in [0.05, 0.1) is 12.7 Å². The van der Waals surface area contributed by atoms with Gasteiger partial charge in [0.15, 0.2) is 0 Å². The van der Waals surface area contributed by atoms with Crippen molar-refractivity contribution >= 4 is 17.8 Å². The van der Waals surface area contributed by atoms with Crippen molar-refractivity contribution in [1.82, 2.24) is 16.0 Å². The molecule has 2 rings (SSSR count). The van der Waals surface area contributed by atoms with E-state index in [2.05, 4.69) is 28.1 Å². The van der Waals surface area contributed by atoms with Crippen LogP contribution < -0.4 is 16.0 Å². The number of rotatable bonds is 7. The van der Waals surface area contributed by atoms with Gasteiger partial charge in [0.1, 0.15) is 0 Å². The highest BCUT2D eigenvalue weighted by Gasteiger charge is 2.13. The maximum absolute atomic E-state index is 11.6. The van der Waals surface area contributed by atoms with Gasteiger partial charge in [0, 0.05) is 37.7 Å². The summed E-state index contributed by atoms with van der Waals surface area (Å²) in [4.78, 5) is 11.6. The lowest BCUT2D eigenvalue weighted by Crippen LogP contribution is -2.47. The van der Waals surface area contributed by atoms with Crippen LogP contribution in [0.2, 0.25) is 0 Å². The molecule has 1 saturated heterocycles. The molecule has 1 aliphatic rings. The Hall–Kier alpha value is -1.24. The van der Waals surface area contributed by atoms with E-state index in [0.29, 0.717) is 19.7 Å². The Kier molecular flexibility index (Phi) is 7.42. The average molecular weight is 309 g/mol. The van der Waals surface area contributed by atoms with E-state index in [1.54, 1.807) is 0 Å². The molecule has 1 aromatic rings. The number of nitrogens with one attached hydrogen (secondary N) is 3. The third kappa shape index (κ3) is 6.84. The van der Waals surface area contributed by atoms with E-state index in [1.807, 2.05) is 30.0 Å². The minimum Gasteiger partial charge on any atom is -0.374 e. The monoisotopic (exact) mass is 309 g/mol. The van der Waals surface area contributed by atoms with Crippen LogP contribution >= 0.6 is 11.8 Å². The highest BCUT2D eigenvalue weighted by molar-refractivity contribution is 7.98. The number of thioether (sulfide) groups is 1. The molecule has 1 atom stereocenters. The van der Waals surface area contributed by atoms with Crippen LogP contribution in [0.25, 0.3) is 0 Å². The summed E-state index contributed by atoms with van der Waals surface area (Å²) in [6.07, 6.45) is 0.0805. The summed E-state index contributed by atoms with van der Waals surface area (Å²) in [5.41, 5.74) is 1.31. The van der Waals surface area contributed by atoms with E-state index < -0.39 is 0 Å². The van der Waals surface area contributed by atoms with Gasteiger partial charge >= 0.3 is 6.03 Å². The van der Waals surface area contributed by atoms with Crippen LogP contribution in [0.4, 0.5) is 4.79 Å². The van der Waals surface area contributed by atoms with Crippen molar-refractivity contribution in [2.75, 3.05) is 38.5 Å². The van der Waals surface area contributed by atoms with Gasteiger partial charge in [-0.15, -0.1) is 0 Å². The minimum absolute atomic E-state index is 0.0805. The first kappa shape index (κ1) is 16.1. The van der Waals surface area contributed by atoms with Crippen LogP contribution in [0.15, 0.2) is 30.3 Å². The van der Waals surface area contributed by atoms with Gasteiger partial charge in [-0.3, -0.25) is 0 Å². The standard InChI is InChI=1S/C15H23N3O2S/c19-15(18-11-14-10-16-6-8-20-14)17-7-9-21-12-13-4-2-1-3-5-13/h1-5,14,16H,6-12H2,(H2,17,18,19). The lowest BCUT2D eigenvalue weighted by molar-refractivity contribution is 0.0307. The Morgan fingerprint density at radius 2 is 2.19 bits per heavy atom. The van der Waals surface area contributed by atoms with Crippen molar-refractivity contribution < 1.29 is 9.53 Å². The molecule has 1 aliphatic heterocycles. The SMILES string of the molecule is O=C(NCCSCc1ccccc1)NCC1CNCCO1. The van der Waals surface area contributed by atoms with Crippen LogP contribution in [0, 0.1) is 0 Å². The molecule has 1 fully saturated rings. The first-order valence-electron chi connectivity index (χ1n) is 7.30. The summed E-state index contributed by atoms with van der Waals surface area (Å²) in [6.45, 7) is 3.63. The lowest BCUT2D eigenvalue weighted by Gasteiger charge is -2.23. The zero-order valence-corrected chi connectivity index (χ0v) is 13.0. The fourth-order valence-corrected chi connectivity index (χ4v) is 2.84. The largest absolute Gasteiger partial charge is 0.374 e. The third-order valence-corrected chi connectivity index (χ3v) is 4.17. The number of carbonyl (C=O) groups is 1. The molecule has 0 saturated carbocycles. The molecule has 6 heteroatoms. The normalized spacial score (nSPS) is 18.2. The highest BCUT2D eigenvalue weighted by Crippen LogP contribution is 2.10. The van der Waals surface area contributed by atoms with Crippen LogP contribution in [-0.4, -0.2) is 50.7 Å². The van der Waals surface area contributed by atoms with Gasteiger partial charge in [-0.2, -0.15) is 11.8 Å². The second-order valence-electron chi connectivity index (χ2n) is 4.87. The van der Waals surface area contributed by atoms with Crippen LogP contribution in [-0.2, 0) is 10.5 Å². The number of urea groups is 1. The summed E-state index contributed by atoms with van der Waals surface area (Å²) in [7, 11) is 0. The van der Waals surface area contributed by atoms with Gasteiger partial charge in [0.25, 0.3) is 0 Å². The van der Waals surface area contributed by atoms with E-state index in [9.17, 15) is 4.79 Å². The number of morpholine rings is 1. The van der Waals surface area contributed by atoms with Crippen molar-refractivity contribution in [2.45, 2.75) is 11.9 Å². The summed E-state index contributed by atoms with van der Waals surface area (Å²) >= 11 is 1.82. The van der Waals surface area contributed by atoms with E-state index in [-0.39, 0.29) is 12.1 Å². The number of hydrogen-bond donors (Lipinski definition) is 3. The van der Waals surface area contributed by atoms with E-state index in [4.69, 9.17) is 4.74 Å². The third-order valence-electron chi connectivity index (χ3n) is 3.14. The molecule has 1 unspecified atom stereocenters. The second kappa shape index (κ2) is 9.65. The van der Waals surface area contributed by atoms with E-state index >= 15 is 0 Å². The number of hydrogen-bond acceptors (Lipinski definition) is 4. The molecule has 0 bridgehead atoms. The molecule has 5 nitrogen and oxygen atoms in total. The van der Waals surface area contributed by atoms with E-state index in [1.165, 1.54) is 5.56 Å². The molecular formula is C15H23N3O2S. The quantitative estimate of drug-likeness (QED) is 0.663. The summed E-state index contributed by atoms with van der Waals surface area (Å²) in [5.74, 6) is 1.88. The predicted octanol–water partition coefficient (Wildman–Crippen LogP) is 1.21. The molecule has 0 aromatic heterocycles. The Labute approximate surface area is 130 Å². The van der Waals surface area contributed by atoms with Crippen molar-refractivity contribution in [3.63, 3.8) is 0 Å². The van der Waals surface area contributed by atoms with Gasteiger partial charge in [-0.05, 0) is 5.56 Å². The molecule has 2 amide bonds. The van der Waals surface area contributed by atoms with Crippen LogP contribution in [0.3, 0.4) is 0 Å². The van der Waals surface area contributed by atoms with Crippen LogP contribution in [0.5, 0.6) is 0 Å². The molecule has 0 radical (unpaired) electrons. The van der Waals surface area contributed by atoms with Gasteiger partial charge in [-0.25, -0.2) is 4.79 Å². The maximum atomic E-state index is 11.6. The second-order valence-corrected chi connectivity index (χ2v) is 5.98. The number of ether oxygens (including phenoxy) is 1. The minimum atomic E-state index is -0.121. The van der Waals surface area contributed by atoms with Gasteiger partial charge in [0.2, 0.25) is 0 Å². The zero-order chi connectivity index (χ0) is 14.8. The first-order valence-corrected chi connectivity index (χ1v) is 8.46. The van der Waals surface area contributed by atoms with Crippen molar-refractivity contribution in [1.29, 1.82) is 0 Å². The average Bonchev–Trinajstić information content (AvgIpc) is 2.54. The molecule has 116 valence electrons. The topological polar surface area (TPSA) is 62.4 Å². The number of benzene rings is 1. The first-order chi connectivity index (χ1) is 10.3. The smallest absolute Gasteiger partial charge is 0.314 e.